The Kier molecular flexibility index (Phi) is 6.21. The molecule has 0 amide bonds. The van der Waals surface area contributed by atoms with E-state index in [2.05, 4.69) is 5.32 Å². The molecule has 0 saturated carbocycles. The van der Waals surface area contributed by atoms with Crippen LogP contribution in [-0.4, -0.2) is 24.2 Å². The zero-order chi connectivity index (χ0) is 17.5. The van der Waals surface area contributed by atoms with Gasteiger partial charge in [-0.1, -0.05) is 26.0 Å². The highest BCUT2D eigenvalue weighted by atomic mass is 16.5. The van der Waals surface area contributed by atoms with Crippen molar-refractivity contribution >= 4 is 5.97 Å². The number of ether oxygens (including phenoxy) is 2. The Morgan fingerprint density at radius 2 is 1.50 bits per heavy atom. The van der Waals surface area contributed by atoms with E-state index in [0.29, 0.717) is 6.54 Å². The van der Waals surface area contributed by atoms with Crippen LogP contribution in [-0.2, 0) is 11.3 Å². The molecule has 0 aromatic heterocycles. The van der Waals surface area contributed by atoms with Crippen molar-refractivity contribution in [3.8, 4) is 17.2 Å². The number of methoxy groups -OCH3 is 1. The topological polar surface area (TPSA) is 67.8 Å². The lowest BCUT2D eigenvalue weighted by molar-refractivity contribution is -0.140. The molecule has 2 rings (SSSR count). The van der Waals surface area contributed by atoms with Crippen LogP contribution in [0.15, 0.2) is 48.5 Å². The summed E-state index contributed by atoms with van der Waals surface area (Å²) in [5, 5.41) is 12.2. The molecule has 0 aliphatic heterocycles. The minimum atomic E-state index is -0.829. The Morgan fingerprint density at radius 1 is 1.00 bits per heavy atom. The van der Waals surface area contributed by atoms with Crippen molar-refractivity contribution in [3.63, 3.8) is 0 Å². The van der Waals surface area contributed by atoms with Gasteiger partial charge in [-0.3, -0.25) is 4.79 Å². The van der Waals surface area contributed by atoms with Crippen molar-refractivity contribution in [3.05, 3.63) is 54.1 Å². The van der Waals surface area contributed by atoms with Crippen LogP contribution in [0.5, 0.6) is 17.2 Å². The van der Waals surface area contributed by atoms with Gasteiger partial charge in [0.25, 0.3) is 0 Å². The van der Waals surface area contributed by atoms with E-state index in [1.54, 1.807) is 7.11 Å². The molecule has 5 nitrogen and oxygen atoms in total. The second-order valence-electron chi connectivity index (χ2n) is 5.86. The average Bonchev–Trinajstić information content (AvgIpc) is 2.56. The summed E-state index contributed by atoms with van der Waals surface area (Å²) in [6.07, 6.45) is 0. The van der Waals surface area contributed by atoms with Crippen molar-refractivity contribution < 1.29 is 19.4 Å². The molecule has 5 heteroatoms. The third-order valence-electron chi connectivity index (χ3n) is 3.68. The molecule has 0 aliphatic rings. The van der Waals surface area contributed by atoms with Gasteiger partial charge in [0.15, 0.2) is 0 Å². The SMILES string of the molecule is COc1ccc(Oc2ccc(CN[C@@H](C(=O)O)C(C)C)cc2)cc1. The van der Waals surface area contributed by atoms with Crippen LogP contribution in [0.1, 0.15) is 19.4 Å². The van der Waals surface area contributed by atoms with Crippen molar-refractivity contribution in [2.75, 3.05) is 7.11 Å². The molecule has 1 atom stereocenters. The molecule has 0 heterocycles. The number of carboxylic acids is 1. The van der Waals surface area contributed by atoms with Gasteiger partial charge >= 0.3 is 5.97 Å². The van der Waals surface area contributed by atoms with Gasteiger partial charge in [0.2, 0.25) is 0 Å². The molecule has 0 spiro atoms. The minimum Gasteiger partial charge on any atom is -0.497 e. The van der Waals surface area contributed by atoms with Gasteiger partial charge in [0.05, 0.1) is 7.11 Å². The van der Waals surface area contributed by atoms with Gasteiger partial charge in [0.1, 0.15) is 23.3 Å². The molecule has 2 aromatic carbocycles. The molecule has 24 heavy (non-hydrogen) atoms. The number of benzene rings is 2. The normalized spacial score (nSPS) is 12.0. The number of hydrogen-bond acceptors (Lipinski definition) is 4. The first-order valence-electron chi connectivity index (χ1n) is 7.86. The lowest BCUT2D eigenvalue weighted by Crippen LogP contribution is -2.40. The number of hydrogen-bond donors (Lipinski definition) is 2. The average molecular weight is 329 g/mol. The molecule has 0 aliphatic carbocycles. The second kappa shape index (κ2) is 8.36. The fourth-order valence-electron chi connectivity index (χ4n) is 2.29. The third kappa shape index (κ3) is 4.99. The monoisotopic (exact) mass is 329 g/mol. The standard InChI is InChI=1S/C19H23NO4/c1-13(2)18(19(21)22)20-12-14-4-6-16(7-5-14)24-17-10-8-15(23-3)9-11-17/h4-11,13,18,20H,12H2,1-3H3,(H,21,22)/t18-/m1/s1. The van der Waals surface area contributed by atoms with E-state index in [0.717, 1.165) is 22.8 Å². The zero-order valence-corrected chi connectivity index (χ0v) is 14.2. The Bertz CT molecular complexity index is 650. The number of rotatable bonds is 8. The molecule has 0 unspecified atom stereocenters. The molecule has 2 aromatic rings. The predicted octanol–water partition coefficient (Wildman–Crippen LogP) is 3.69. The summed E-state index contributed by atoms with van der Waals surface area (Å²) >= 11 is 0. The minimum absolute atomic E-state index is 0.0279. The molecule has 2 N–H and O–H groups in total. The van der Waals surface area contributed by atoms with Crippen LogP contribution in [0.2, 0.25) is 0 Å². The molecule has 128 valence electrons. The summed E-state index contributed by atoms with van der Waals surface area (Å²) in [4.78, 5) is 11.2. The Morgan fingerprint density at radius 3 is 1.96 bits per heavy atom. The van der Waals surface area contributed by atoms with Gasteiger partial charge in [-0.25, -0.2) is 0 Å². The fraction of sp³-hybridized carbons (Fsp3) is 0.316. The van der Waals surface area contributed by atoms with Gasteiger partial charge in [0, 0.05) is 6.54 Å². The summed E-state index contributed by atoms with van der Waals surface area (Å²) in [7, 11) is 1.62. The Labute approximate surface area is 142 Å². The maximum Gasteiger partial charge on any atom is 0.320 e. The fourth-order valence-corrected chi connectivity index (χ4v) is 2.29. The Balaban J connectivity index is 1.93. The van der Waals surface area contributed by atoms with Crippen molar-refractivity contribution in [2.24, 2.45) is 5.92 Å². The van der Waals surface area contributed by atoms with Crippen molar-refractivity contribution in [2.45, 2.75) is 26.4 Å². The Hall–Kier alpha value is -2.53. The van der Waals surface area contributed by atoms with Crippen LogP contribution >= 0.6 is 0 Å². The first-order chi connectivity index (χ1) is 11.5. The van der Waals surface area contributed by atoms with Crippen molar-refractivity contribution in [1.82, 2.24) is 5.32 Å². The van der Waals surface area contributed by atoms with Gasteiger partial charge in [-0.15, -0.1) is 0 Å². The second-order valence-corrected chi connectivity index (χ2v) is 5.86. The van der Waals surface area contributed by atoms with E-state index in [1.807, 2.05) is 62.4 Å². The van der Waals surface area contributed by atoms with E-state index >= 15 is 0 Å². The van der Waals surface area contributed by atoms with Crippen LogP contribution in [0.25, 0.3) is 0 Å². The highest BCUT2D eigenvalue weighted by Gasteiger charge is 2.20. The summed E-state index contributed by atoms with van der Waals surface area (Å²) in [6, 6.07) is 14.4. The molecule has 0 saturated heterocycles. The van der Waals surface area contributed by atoms with Crippen LogP contribution in [0.4, 0.5) is 0 Å². The van der Waals surface area contributed by atoms with E-state index < -0.39 is 12.0 Å². The summed E-state index contributed by atoms with van der Waals surface area (Å²) in [6.45, 7) is 4.27. The zero-order valence-electron chi connectivity index (χ0n) is 14.2. The lowest BCUT2D eigenvalue weighted by atomic mass is 10.0. The van der Waals surface area contributed by atoms with E-state index in [1.165, 1.54) is 0 Å². The van der Waals surface area contributed by atoms with E-state index in [9.17, 15) is 9.90 Å². The highest BCUT2D eigenvalue weighted by Crippen LogP contribution is 2.24. The van der Waals surface area contributed by atoms with Gasteiger partial charge < -0.3 is 19.9 Å². The maximum atomic E-state index is 11.2. The first-order valence-corrected chi connectivity index (χ1v) is 7.86. The predicted molar refractivity (Wildman–Crippen MR) is 92.6 cm³/mol. The molecular formula is C19H23NO4. The highest BCUT2D eigenvalue weighted by molar-refractivity contribution is 5.73. The van der Waals surface area contributed by atoms with E-state index in [4.69, 9.17) is 9.47 Å². The van der Waals surface area contributed by atoms with Gasteiger partial charge in [-0.2, -0.15) is 0 Å². The lowest BCUT2D eigenvalue weighted by Gasteiger charge is -2.18. The largest absolute Gasteiger partial charge is 0.497 e. The summed E-state index contributed by atoms with van der Waals surface area (Å²) < 4.78 is 10.9. The van der Waals surface area contributed by atoms with Crippen molar-refractivity contribution in [1.29, 1.82) is 0 Å². The van der Waals surface area contributed by atoms with Crippen LogP contribution in [0, 0.1) is 5.92 Å². The summed E-state index contributed by atoms with van der Waals surface area (Å²) in [5.74, 6) is 1.43. The van der Waals surface area contributed by atoms with Crippen LogP contribution in [0.3, 0.4) is 0 Å². The maximum absolute atomic E-state index is 11.2. The summed E-state index contributed by atoms with van der Waals surface area (Å²) in [5.41, 5.74) is 1.00. The molecule has 0 radical (unpaired) electrons. The first kappa shape index (κ1) is 17.8. The number of aliphatic carboxylic acids is 1. The van der Waals surface area contributed by atoms with Crippen LogP contribution < -0.4 is 14.8 Å². The van der Waals surface area contributed by atoms with Gasteiger partial charge in [-0.05, 0) is 47.9 Å². The number of carbonyl (C=O) groups is 1. The number of nitrogens with one attached hydrogen (secondary N) is 1. The molecule has 0 fully saturated rings. The third-order valence-corrected chi connectivity index (χ3v) is 3.68. The molecule has 0 bridgehead atoms. The molecular weight excluding hydrogens is 306 g/mol. The quantitative estimate of drug-likeness (QED) is 0.773. The van der Waals surface area contributed by atoms with E-state index in [-0.39, 0.29) is 5.92 Å². The number of carboxylic acid groups (broad SMARTS) is 1. The smallest absolute Gasteiger partial charge is 0.320 e.